The fourth-order valence-corrected chi connectivity index (χ4v) is 2.73. The number of non-ortho nitro benzene ring substituents is 1. The Kier molecular flexibility index (Phi) is 6.01. The van der Waals surface area contributed by atoms with Gasteiger partial charge in [-0.3, -0.25) is 14.9 Å². The lowest BCUT2D eigenvalue weighted by Crippen LogP contribution is -2.32. The van der Waals surface area contributed by atoms with E-state index >= 15 is 0 Å². The second-order valence-corrected chi connectivity index (χ2v) is 6.20. The minimum absolute atomic E-state index is 0.0280. The van der Waals surface area contributed by atoms with Gasteiger partial charge in [-0.1, -0.05) is 49.4 Å². The van der Waals surface area contributed by atoms with Crippen molar-refractivity contribution in [3.63, 3.8) is 0 Å². The van der Waals surface area contributed by atoms with Gasteiger partial charge in [0, 0.05) is 17.8 Å². The molecule has 0 radical (unpaired) electrons. The van der Waals surface area contributed by atoms with Crippen LogP contribution in [0.3, 0.4) is 0 Å². The minimum Gasteiger partial charge on any atom is -0.481 e. The molecular weight excluding hydrogens is 356 g/mol. The maximum Gasteiger partial charge on any atom is 0.269 e. The molecule has 0 fully saturated rings. The van der Waals surface area contributed by atoms with Crippen molar-refractivity contribution in [1.82, 2.24) is 0 Å². The van der Waals surface area contributed by atoms with Gasteiger partial charge < -0.3 is 10.1 Å². The average molecular weight is 376 g/mol. The molecule has 3 aromatic rings. The molecule has 142 valence electrons. The van der Waals surface area contributed by atoms with Crippen LogP contribution in [0.1, 0.15) is 13.3 Å². The number of nitro benzene ring substituents is 1. The van der Waals surface area contributed by atoms with E-state index in [-0.39, 0.29) is 11.6 Å². The van der Waals surface area contributed by atoms with Crippen LogP contribution in [0.5, 0.6) is 5.75 Å². The molecule has 6 heteroatoms. The van der Waals surface area contributed by atoms with E-state index in [2.05, 4.69) is 5.32 Å². The Morgan fingerprint density at radius 2 is 1.57 bits per heavy atom. The standard InChI is InChI=1S/C22H20N2O4/c1-2-21(22(25)23-18-10-12-19(13-11-18)24(26)27)28-20-14-8-17(9-15-20)16-6-4-3-5-7-16/h3-15,21H,2H2,1H3,(H,23,25). The molecule has 1 amide bonds. The Balaban J connectivity index is 1.64. The van der Waals surface area contributed by atoms with E-state index in [1.54, 1.807) is 0 Å². The first kappa shape index (κ1) is 19.1. The lowest BCUT2D eigenvalue weighted by atomic mass is 10.1. The van der Waals surface area contributed by atoms with E-state index in [1.807, 2.05) is 61.5 Å². The molecule has 0 aromatic heterocycles. The number of hydrogen-bond donors (Lipinski definition) is 1. The van der Waals surface area contributed by atoms with Crippen LogP contribution < -0.4 is 10.1 Å². The lowest BCUT2D eigenvalue weighted by Gasteiger charge is -2.17. The van der Waals surface area contributed by atoms with E-state index in [0.29, 0.717) is 17.9 Å². The summed E-state index contributed by atoms with van der Waals surface area (Å²) in [6.45, 7) is 1.86. The average Bonchev–Trinajstić information content (AvgIpc) is 2.73. The molecular formula is C22H20N2O4. The molecule has 0 heterocycles. The molecule has 0 saturated heterocycles. The quantitative estimate of drug-likeness (QED) is 0.462. The van der Waals surface area contributed by atoms with E-state index in [0.717, 1.165) is 11.1 Å². The van der Waals surface area contributed by atoms with Crippen LogP contribution in [-0.4, -0.2) is 16.9 Å². The van der Waals surface area contributed by atoms with Gasteiger partial charge in [0.2, 0.25) is 0 Å². The number of rotatable bonds is 7. The first-order valence-electron chi connectivity index (χ1n) is 8.94. The summed E-state index contributed by atoms with van der Waals surface area (Å²) in [6.07, 6.45) is -0.183. The highest BCUT2D eigenvalue weighted by Gasteiger charge is 2.19. The van der Waals surface area contributed by atoms with Crippen molar-refractivity contribution in [3.05, 3.63) is 89.0 Å². The third-order valence-corrected chi connectivity index (χ3v) is 4.25. The van der Waals surface area contributed by atoms with Crippen molar-refractivity contribution in [1.29, 1.82) is 0 Å². The number of carbonyl (C=O) groups is 1. The van der Waals surface area contributed by atoms with Gasteiger partial charge >= 0.3 is 0 Å². The first-order chi connectivity index (χ1) is 13.6. The molecule has 3 aromatic carbocycles. The summed E-state index contributed by atoms with van der Waals surface area (Å²) >= 11 is 0. The maximum atomic E-state index is 12.5. The zero-order valence-electron chi connectivity index (χ0n) is 15.4. The first-order valence-corrected chi connectivity index (χ1v) is 8.94. The number of nitrogens with one attached hydrogen (secondary N) is 1. The summed E-state index contributed by atoms with van der Waals surface area (Å²) in [4.78, 5) is 22.7. The zero-order valence-corrected chi connectivity index (χ0v) is 15.4. The summed E-state index contributed by atoms with van der Waals surface area (Å²) in [5.41, 5.74) is 2.63. The Morgan fingerprint density at radius 1 is 0.964 bits per heavy atom. The number of benzene rings is 3. The van der Waals surface area contributed by atoms with Gasteiger partial charge in [0.15, 0.2) is 6.10 Å². The Labute approximate surface area is 162 Å². The van der Waals surface area contributed by atoms with E-state index in [1.165, 1.54) is 24.3 Å². The predicted octanol–water partition coefficient (Wildman–Crippen LogP) is 5.06. The largest absolute Gasteiger partial charge is 0.481 e. The summed E-state index contributed by atoms with van der Waals surface area (Å²) in [7, 11) is 0. The third-order valence-electron chi connectivity index (χ3n) is 4.25. The number of carbonyl (C=O) groups excluding carboxylic acids is 1. The van der Waals surface area contributed by atoms with Crippen molar-refractivity contribution in [2.24, 2.45) is 0 Å². The fraction of sp³-hybridized carbons (Fsp3) is 0.136. The van der Waals surface area contributed by atoms with Crippen LogP contribution in [0.25, 0.3) is 11.1 Å². The van der Waals surface area contributed by atoms with Gasteiger partial charge in [0.05, 0.1) is 4.92 Å². The molecule has 0 spiro atoms. The molecule has 3 rings (SSSR count). The second-order valence-electron chi connectivity index (χ2n) is 6.20. The van der Waals surface area contributed by atoms with Crippen molar-refractivity contribution in [2.75, 3.05) is 5.32 Å². The number of hydrogen-bond acceptors (Lipinski definition) is 4. The van der Waals surface area contributed by atoms with Crippen LogP contribution in [-0.2, 0) is 4.79 Å². The number of anilines is 1. The monoisotopic (exact) mass is 376 g/mol. The topological polar surface area (TPSA) is 81.5 Å². The van der Waals surface area contributed by atoms with Gasteiger partial charge in [-0.05, 0) is 41.8 Å². The second kappa shape index (κ2) is 8.81. The molecule has 0 bridgehead atoms. The number of nitro groups is 1. The number of ether oxygens (including phenoxy) is 1. The normalized spacial score (nSPS) is 11.5. The van der Waals surface area contributed by atoms with Crippen LogP contribution in [0.15, 0.2) is 78.9 Å². The highest BCUT2D eigenvalue weighted by Crippen LogP contribution is 2.23. The van der Waals surface area contributed by atoms with Gasteiger partial charge in [0.1, 0.15) is 5.75 Å². The summed E-state index contributed by atoms with van der Waals surface area (Å²) < 4.78 is 5.83. The SMILES string of the molecule is CCC(Oc1ccc(-c2ccccc2)cc1)C(=O)Nc1ccc([N+](=O)[O-])cc1. The van der Waals surface area contributed by atoms with Crippen molar-refractivity contribution >= 4 is 17.3 Å². The maximum absolute atomic E-state index is 12.5. The molecule has 1 N–H and O–H groups in total. The van der Waals surface area contributed by atoms with E-state index < -0.39 is 11.0 Å². The van der Waals surface area contributed by atoms with E-state index in [9.17, 15) is 14.9 Å². The highest BCUT2D eigenvalue weighted by molar-refractivity contribution is 5.94. The summed E-state index contributed by atoms with van der Waals surface area (Å²) in [6, 6.07) is 23.3. The van der Waals surface area contributed by atoms with Gasteiger partial charge in [-0.15, -0.1) is 0 Å². The van der Waals surface area contributed by atoms with Crippen LogP contribution in [0.2, 0.25) is 0 Å². The lowest BCUT2D eigenvalue weighted by molar-refractivity contribution is -0.384. The third kappa shape index (κ3) is 4.73. The zero-order chi connectivity index (χ0) is 19.9. The Morgan fingerprint density at radius 3 is 2.14 bits per heavy atom. The molecule has 0 aliphatic carbocycles. The van der Waals surface area contributed by atoms with Crippen molar-refractivity contribution < 1.29 is 14.5 Å². The molecule has 1 atom stereocenters. The highest BCUT2D eigenvalue weighted by atomic mass is 16.6. The number of nitrogens with zero attached hydrogens (tertiary/aromatic N) is 1. The predicted molar refractivity (Wildman–Crippen MR) is 108 cm³/mol. The van der Waals surface area contributed by atoms with Gasteiger partial charge in [0.25, 0.3) is 11.6 Å². The molecule has 0 aliphatic rings. The van der Waals surface area contributed by atoms with Crippen LogP contribution in [0, 0.1) is 10.1 Å². The molecule has 0 saturated carbocycles. The Hall–Kier alpha value is -3.67. The van der Waals surface area contributed by atoms with Crippen LogP contribution in [0.4, 0.5) is 11.4 Å². The van der Waals surface area contributed by atoms with Crippen molar-refractivity contribution in [2.45, 2.75) is 19.4 Å². The van der Waals surface area contributed by atoms with E-state index in [4.69, 9.17) is 4.74 Å². The van der Waals surface area contributed by atoms with Gasteiger partial charge in [-0.25, -0.2) is 0 Å². The molecule has 1 unspecified atom stereocenters. The van der Waals surface area contributed by atoms with Gasteiger partial charge in [-0.2, -0.15) is 0 Å². The van der Waals surface area contributed by atoms with Crippen molar-refractivity contribution in [3.8, 4) is 16.9 Å². The molecule has 28 heavy (non-hydrogen) atoms. The Bertz CT molecular complexity index is 939. The summed E-state index contributed by atoms with van der Waals surface area (Å²) in [5, 5.41) is 13.4. The smallest absolute Gasteiger partial charge is 0.269 e. The minimum atomic E-state index is -0.669. The summed E-state index contributed by atoms with van der Waals surface area (Å²) in [5.74, 6) is 0.300. The molecule has 0 aliphatic heterocycles. The number of amides is 1. The fourth-order valence-electron chi connectivity index (χ4n) is 2.73. The molecule has 6 nitrogen and oxygen atoms in total. The van der Waals surface area contributed by atoms with Crippen LogP contribution >= 0.6 is 0 Å².